The summed E-state index contributed by atoms with van der Waals surface area (Å²) in [5.74, 6) is -0.469. The van der Waals surface area contributed by atoms with E-state index in [1.807, 2.05) is 11.6 Å². The Morgan fingerprint density at radius 1 is 1.44 bits per heavy atom. The fourth-order valence-corrected chi connectivity index (χ4v) is 2.37. The van der Waals surface area contributed by atoms with E-state index in [0.29, 0.717) is 23.4 Å². The van der Waals surface area contributed by atoms with Crippen molar-refractivity contribution in [2.45, 2.75) is 6.42 Å². The van der Waals surface area contributed by atoms with Gasteiger partial charge in [0.1, 0.15) is 0 Å². The lowest BCUT2D eigenvalue weighted by Gasteiger charge is -2.14. The van der Waals surface area contributed by atoms with Crippen LogP contribution >= 0.6 is 0 Å². The van der Waals surface area contributed by atoms with Gasteiger partial charge in [0.25, 0.3) is 5.91 Å². The number of carbonyl (C=O) groups excluding carboxylic acids is 1. The summed E-state index contributed by atoms with van der Waals surface area (Å²) in [4.78, 5) is 15.5. The highest BCUT2D eigenvalue weighted by Crippen LogP contribution is 2.28. The van der Waals surface area contributed by atoms with Crippen LogP contribution in [0.25, 0.3) is 11.3 Å². The van der Waals surface area contributed by atoms with Crippen LogP contribution in [0.15, 0.2) is 24.5 Å². The molecule has 0 aromatic carbocycles. The summed E-state index contributed by atoms with van der Waals surface area (Å²) in [5.41, 5.74) is 2.76. The normalized spacial score (nSPS) is 14.2. The predicted octanol–water partition coefficient (Wildman–Crippen LogP) is 1.51. The molecule has 0 saturated heterocycles. The van der Waals surface area contributed by atoms with Crippen molar-refractivity contribution in [2.75, 3.05) is 6.54 Å². The van der Waals surface area contributed by atoms with Crippen molar-refractivity contribution < 1.29 is 9.18 Å². The minimum atomic E-state index is -0.379. The Morgan fingerprint density at radius 3 is 3.00 bits per heavy atom. The predicted molar refractivity (Wildman–Crippen MR) is 64.6 cm³/mol. The quantitative estimate of drug-likeness (QED) is 0.827. The molecule has 0 unspecified atom stereocenters. The zero-order chi connectivity index (χ0) is 12.7. The maximum Gasteiger partial charge on any atom is 0.253 e. The third-order valence-corrected chi connectivity index (χ3v) is 3.30. The Labute approximate surface area is 103 Å². The largest absolute Gasteiger partial charge is 0.352 e. The Hall–Kier alpha value is -2.17. The van der Waals surface area contributed by atoms with Gasteiger partial charge in [-0.05, 0) is 12.1 Å². The average molecular weight is 245 g/mol. The van der Waals surface area contributed by atoms with Gasteiger partial charge in [-0.15, -0.1) is 0 Å². The lowest BCUT2D eigenvalue weighted by molar-refractivity contribution is 0.0945. The topological polar surface area (TPSA) is 46.9 Å². The molecule has 3 heterocycles. The van der Waals surface area contributed by atoms with Crippen molar-refractivity contribution in [1.29, 1.82) is 0 Å². The van der Waals surface area contributed by atoms with E-state index in [2.05, 4.69) is 10.3 Å². The zero-order valence-corrected chi connectivity index (χ0v) is 9.90. The molecule has 0 saturated carbocycles. The number of nitrogens with zero attached hydrogens (tertiary/aromatic N) is 2. The van der Waals surface area contributed by atoms with Crippen LogP contribution < -0.4 is 5.32 Å². The van der Waals surface area contributed by atoms with Gasteiger partial charge in [-0.25, -0.2) is 4.39 Å². The summed E-state index contributed by atoms with van der Waals surface area (Å²) in [6.07, 6.45) is 3.50. The number of rotatable bonds is 1. The van der Waals surface area contributed by atoms with Crippen molar-refractivity contribution in [3.05, 3.63) is 41.6 Å². The molecule has 2 aromatic heterocycles. The molecule has 18 heavy (non-hydrogen) atoms. The summed E-state index contributed by atoms with van der Waals surface area (Å²) < 4.78 is 15.6. The molecule has 0 radical (unpaired) electrons. The van der Waals surface area contributed by atoms with E-state index in [0.717, 1.165) is 12.1 Å². The maximum absolute atomic E-state index is 13.7. The van der Waals surface area contributed by atoms with Gasteiger partial charge in [0, 0.05) is 37.5 Å². The van der Waals surface area contributed by atoms with Crippen molar-refractivity contribution in [3.8, 4) is 11.3 Å². The molecular weight excluding hydrogens is 233 g/mol. The summed E-state index contributed by atoms with van der Waals surface area (Å²) in [6, 6.07) is 3.36. The highest BCUT2D eigenvalue weighted by Gasteiger charge is 2.23. The van der Waals surface area contributed by atoms with Gasteiger partial charge in [0.05, 0.1) is 17.5 Å². The summed E-state index contributed by atoms with van der Waals surface area (Å²) in [6.45, 7) is 0.627. The molecule has 0 spiro atoms. The van der Waals surface area contributed by atoms with Gasteiger partial charge in [0.2, 0.25) is 0 Å². The number of nitrogens with one attached hydrogen (secondary N) is 1. The third kappa shape index (κ3) is 1.51. The molecule has 1 amide bonds. The smallest absolute Gasteiger partial charge is 0.253 e. The molecular formula is C13H12FN3O. The second kappa shape index (κ2) is 3.94. The van der Waals surface area contributed by atoms with Gasteiger partial charge < -0.3 is 9.88 Å². The first-order chi connectivity index (χ1) is 8.68. The van der Waals surface area contributed by atoms with E-state index in [4.69, 9.17) is 0 Å². The standard InChI is InChI=1S/C13H12FN3O/c1-17-11-3-5-16-13(18)9(11)6-12(17)8-2-4-15-7-10(8)14/h2,4,6-7H,3,5H2,1H3,(H,16,18). The van der Waals surface area contributed by atoms with E-state index in [1.165, 1.54) is 6.20 Å². The Balaban J connectivity index is 2.20. The first-order valence-corrected chi connectivity index (χ1v) is 5.75. The number of amides is 1. The first kappa shape index (κ1) is 11.0. The second-order valence-corrected chi connectivity index (χ2v) is 4.31. The summed E-state index contributed by atoms with van der Waals surface area (Å²) >= 11 is 0. The van der Waals surface area contributed by atoms with E-state index in [-0.39, 0.29) is 11.7 Å². The number of pyridine rings is 1. The SMILES string of the molecule is Cn1c(-c2ccncc2F)cc2c1CCNC2=O. The van der Waals surface area contributed by atoms with Crippen LogP contribution in [0.5, 0.6) is 0 Å². The molecule has 2 aromatic rings. The summed E-state index contributed by atoms with van der Waals surface area (Å²) in [5, 5.41) is 2.79. The minimum absolute atomic E-state index is 0.0902. The van der Waals surface area contributed by atoms with E-state index < -0.39 is 0 Å². The first-order valence-electron chi connectivity index (χ1n) is 5.75. The monoisotopic (exact) mass is 245 g/mol. The van der Waals surface area contributed by atoms with Gasteiger partial charge >= 0.3 is 0 Å². The lowest BCUT2D eigenvalue weighted by Crippen LogP contribution is -2.31. The molecule has 0 fully saturated rings. The van der Waals surface area contributed by atoms with Crippen LogP contribution in [0.4, 0.5) is 4.39 Å². The second-order valence-electron chi connectivity index (χ2n) is 4.31. The molecule has 4 nitrogen and oxygen atoms in total. The van der Waals surface area contributed by atoms with E-state index >= 15 is 0 Å². The highest BCUT2D eigenvalue weighted by atomic mass is 19.1. The summed E-state index contributed by atoms with van der Waals surface area (Å²) in [7, 11) is 1.85. The number of hydrogen-bond acceptors (Lipinski definition) is 2. The van der Waals surface area contributed by atoms with Crippen LogP contribution in [0.2, 0.25) is 0 Å². The van der Waals surface area contributed by atoms with Crippen LogP contribution in [0.1, 0.15) is 16.1 Å². The molecule has 0 bridgehead atoms. The fourth-order valence-electron chi connectivity index (χ4n) is 2.37. The highest BCUT2D eigenvalue weighted by molar-refractivity contribution is 5.98. The molecule has 1 aliphatic heterocycles. The third-order valence-electron chi connectivity index (χ3n) is 3.30. The number of hydrogen-bond donors (Lipinski definition) is 1. The van der Waals surface area contributed by atoms with Crippen LogP contribution in [0.3, 0.4) is 0 Å². The minimum Gasteiger partial charge on any atom is -0.352 e. The average Bonchev–Trinajstić information content (AvgIpc) is 2.70. The Kier molecular flexibility index (Phi) is 2.40. The molecule has 0 aliphatic carbocycles. The van der Waals surface area contributed by atoms with Crippen LogP contribution in [-0.2, 0) is 13.5 Å². The van der Waals surface area contributed by atoms with Crippen molar-refractivity contribution in [3.63, 3.8) is 0 Å². The van der Waals surface area contributed by atoms with Gasteiger partial charge in [-0.2, -0.15) is 0 Å². The van der Waals surface area contributed by atoms with E-state index in [9.17, 15) is 9.18 Å². The lowest BCUT2D eigenvalue weighted by atomic mass is 10.1. The van der Waals surface area contributed by atoms with Gasteiger partial charge in [-0.3, -0.25) is 9.78 Å². The molecule has 1 N–H and O–H groups in total. The van der Waals surface area contributed by atoms with Crippen molar-refractivity contribution in [1.82, 2.24) is 14.9 Å². The zero-order valence-electron chi connectivity index (χ0n) is 9.90. The van der Waals surface area contributed by atoms with Crippen LogP contribution in [0, 0.1) is 5.82 Å². The molecule has 1 aliphatic rings. The number of fused-ring (bicyclic) bond motifs is 1. The van der Waals surface area contributed by atoms with E-state index in [1.54, 1.807) is 18.3 Å². The molecule has 5 heteroatoms. The number of halogens is 1. The molecule has 0 atom stereocenters. The fraction of sp³-hybridized carbons (Fsp3) is 0.231. The number of aromatic nitrogens is 2. The maximum atomic E-state index is 13.7. The van der Waals surface area contributed by atoms with Gasteiger partial charge in [0.15, 0.2) is 5.82 Å². The molecule has 3 rings (SSSR count). The molecule has 92 valence electrons. The van der Waals surface area contributed by atoms with Crippen molar-refractivity contribution in [2.24, 2.45) is 7.05 Å². The Bertz CT molecular complexity index is 633. The Morgan fingerprint density at radius 2 is 2.28 bits per heavy atom. The number of carbonyl (C=O) groups is 1. The van der Waals surface area contributed by atoms with Crippen LogP contribution in [-0.4, -0.2) is 22.0 Å². The van der Waals surface area contributed by atoms with Crippen molar-refractivity contribution >= 4 is 5.91 Å². The van der Waals surface area contributed by atoms with Gasteiger partial charge in [-0.1, -0.05) is 0 Å².